The largest absolute Gasteiger partial charge is 0.480 e. The van der Waals surface area contributed by atoms with Gasteiger partial charge in [0.25, 0.3) is 0 Å². The standard InChI is InChI=1S/C15H17FN2O/c1-15(2,12-5-7-18-8-6-12)19-14-4-3-11(10-17)9-13(14)16/h3-9H,10,17H2,1-2H3. The van der Waals surface area contributed by atoms with Gasteiger partial charge in [0.2, 0.25) is 0 Å². The second-order valence-corrected chi connectivity index (χ2v) is 4.82. The van der Waals surface area contributed by atoms with Crippen LogP contribution in [0.5, 0.6) is 5.75 Å². The van der Waals surface area contributed by atoms with E-state index in [1.807, 2.05) is 26.0 Å². The molecule has 0 unspecified atom stereocenters. The molecule has 0 bridgehead atoms. The van der Waals surface area contributed by atoms with Crippen LogP contribution in [0, 0.1) is 5.82 Å². The van der Waals surface area contributed by atoms with Crippen LogP contribution in [0.25, 0.3) is 0 Å². The molecule has 2 N–H and O–H groups in total. The maximum Gasteiger partial charge on any atom is 0.165 e. The van der Waals surface area contributed by atoms with Crippen LogP contribution in [-0.2, 0) is 12.1 Å². The minimum atomic E-state index is -0.631. The van der Waals surface area contributed by atoms with E-state index >= 15 is 0 Å². The Morgan fingerprint density at radius 1 is 1.21 bits per heavy atom. The van der Waals surface area contributed by atoms with Gasteiger partial charge < -0.3 is 10.5 Å². The Morgan fingerprint density at radius 3 is 2.47 bits per heavy atom. The molecule has 0 saturated carbocycles. The number of halogens is 1. The second-order valence-electron chi connectivity index (χ2n) is 4.82. The molecule has 0 atom stereocenters. The number of nitrogens with zero attached hydrogens (tertiary/aromatic N) is 1. The van der Waals surface area contributed by atoms with Crippen molar-refractivity contribution in [1.82, 2.24) is 4.98 Å². The molecule has 0 aliphatic heterocycles. The van der Waals surface area contributed by atoms with Crippen molar-refractivity contribution in [3.8, 4) is 5.75 Å². The molecule has 0 amide bonds. The fraction of sp³-hybridized carbons (Fsp3) is 0.267. The van der Waals surface area contributed by atoms with Gasteiger partial charge in [0.15, 0.2) is 11.6 Å². The van der Waals surface area contributed by atoms with E-state index < -0.39 is 11.4 Å². The zero-order valence-corrected chi connectivity index (χ0v) is 11.1. The van der Waals surface area contributed by atoms with Gasteiger partial charge in [-0.1, -0.05) is 6.07 Å². The zero-order chi connectivity index (χ0) is 13.9. The Balaban J connectivity index is 2.25. The van der Waals surface area contributed by atoms with Crippen LogP contribution in [0.3, 0.4) is 0 Å². The molecular weight excluding hydrogens is 243 g/mol. The van der Waals surface area contributed by atoms with Crippen molar-refractivity contribution in [2.24, 2.45) is 5.73 Å². The van der Waals surface area contributed by atoms with Gasteiger partial charge in [-0.3, -0.25) is 4.98 Å². The third-order valence-corrected chi connectivity index (χ3v) is 2.97. The monoisotopic (exact) mass is 260 g/mol. The van der Waals surface area contributed by atoms with Crippen LogP contribution in [0.15, 0.2) is 42.7 Å². The van der Waals surface area contributed by atoms with Crippen molar-refractivity contribution >= 4 is 0 Å². The lowest BCUT2D eigenvalue weighted by atomic mass is 9.99. The van der Waals surface area contributed by atoms with E-state index in [2.05, 4.69) is 4.98 Å². The van der Waals surface area contributed by atoms with E-state index in [-0.39, 0.29) is 5.75 Å². The average Bonchev–Trinajstić information content (AvgIpc) is 2.42. The minimum Gasteiger partial charge on any atom is -0.480 e. The molecule has 0 saturated heterocycles. The first-order valence-corrected chi connectivity index (χ1v) is 6.11. The maximum absolute atomic E-state index is 13.9. The highest BCUT2D eigenvalue weighted by molar-refractivity contribution is 5.31. The second kappa shape index (κ2) is 5.36. The van der Waals surface area contributed by atoms with Crippen LogP contribution >= 0.6 is 0 Å². The highest BCUT2D eigenvalue weighted by atomic mass is 19.1. The van der Waals surface area contributed by atoms with Crippen LogP contribution in [-0.4, -0.2) is 4.98 Å². The van der Waals surface area contributed by atoms with Gasteiger partial charge in [0.05, 0.1) is 0 Å². The predicted octanol–water partition coefficient (Wildman–Crippen LogP) is 2.99. The Bertz CT molecular complexity index is 555. The fourth-order valence-corrected chi connectivity index (χ4v) is 1.84. The summed E-state index contributed by atoms with van der Waals surface area (Å²) in [5.74, 6) is -0.177. The van der Waals surface area contributed by atoms with Gasteiger partial charge in [-0.15, -0.1) is 0 Å². The summed E-state index contributed by atoms with van der Waals surface area (Å²) < 4.78 is 19.7. The normalized spacial score (nSPS) is 11.4. The smallest absolute Gasteiger partial charge is 0.165 e. The molecular formula is C15H17FN2O. The van der Waals surface area contributed by atoms with Gasteiger partial charge in [0.1, 0.15) is 5.60 Å². The first-order chi connectivity index (χ1) is 9.03. The molecule has 19 heavy (non-hydrogen) atoms. The third-order valence-electron chi connectivity index (χ3n) is 2.97. The van der Waals surface area contributed by atoms with Crippen molar-refractivity contribution in [1.29, 1.82) is 0 Å². The molecule has 4 heteroatoms. The molecule has 0 aliphatic rings. The molecule has 3 nitrogen and oxygen atoms in total. The number of hydrogen-bond acceptors (Lipinski definition) is 3. The predicted molar refractivity (Wildman–Crippen MR) is 72.2 cm³/mol. The summed E-state index contributed by atoms with van der Waals surface area (Å²) in [5.41, 5.74) is 6.52. The Hall–Kier alpha value is -1.94. The van der Waals surface area contributed by atoms with Gasteiger partial charge in [-0.05, 0) is 49.2 Å². The molecule has 0 aliphatic carbocycles. The highest BCUT2D eigenvalue weighted by Gasteiger charge is 2.23. The number of nitrogens with two attached hydrogens (primary N) is 1. The van der Waals surface area contributed by atoms with Gasteiger partial charge in [-0.2, -0.15) is 0 Å². The molecule has 100 valence electrons. The van der Waals surface area contributed by atoms with Crippen molar-refractivity contribution < 1.29 is 9.13 Å². The quantitative estimate of drug-likeness (QED) is 0.919. The van der Waals surface area contributed by atoms with E-state index in [9.17, 15) is 4.39 Å². The Labute approximate surface area is 112 Å². The average molecular weight is 260 g/mol. The Kier molecular flexibility index (Phi) is 3.81. The van der Waals surface area contributed by atoms with E-state index in [4.69, 9.17) is 10.5 Å². The summed E-state index contributed by atoms with van der Waals surface area (Å²) in [6.07, 6.45) is 3.38. The summed E-state index contributed by atoms with van der Waals surface area (Å²) in [5, 5.41) is 0. The molecule has 1 aromatic heterocycles. The lowest BCUT2D eigenvalue weighted by Gasteiger charge is -2.27. The summed E-state index contributed by atoms with van der Waals surface area (Å²) >= 11 is 0. The number of aromatic nitrogens is 1. The summed E-state index contributed by atoms with van der Waals surface area (Å²) in [7, 11) is 0. The molecule has 0 spiro atoms. The van der Waals surface area contributed by atoms with Crippen molar-refractivity contribution in [3.05, 3.63) is 59.7 Å². The first-order valence-electron chi connectivity index (χ1n) is 6.11. The first kappa shape index (κ1) is 13.5. The highest BCUT2D eigenvalue weighted by Crippen LogP contribution is 2.29. The SMILES string of the molecule is CC(C)(Oc1ccc(CN)cc1F)c1ccncc1. The number of ether oxygens (including phenoxy) is 1. The maximum atomic E-state index is 13.9. The number of rotatable bonds is 4. The molecule has 0 radical (unpaired) electrons. The zero-order valence-electron chi connectivity index (χ0n) is 11.1. The molecule has 1 aromatic carbocycles. The fourth-order valence-electron chi connectivity index (χ4n) is 1.84. The molecule has 1 heterocycles. The van der Waals surface area contributed by atoms with Crippen molar-refractivity contribution in [3.63, 3.8) is 0 Å². The van der Waals surface area contributed by atoms with E-state index in [0.717, 1.165) is 11.1 Å². The molecule has 0 fully saturated rings. The van der Waals surface area contributed by atoms with Crippen molar-refractivity contribution in [2.45, 2.75) is 26.0 Å². The number of hydrogen-bond donors (Lipinski definition) is 1. The Morgan fingerprint density at radius 2 is 1.89 bits per heavy atom. The van der Waals surface area contributed by atoms with Gasteiger partial charge in [0, 0.05) is 18.9 Å². The third kappa shape index (κ3) is 3.09. The van der Waals surface area contributed by atoms with E-state index in [1.165, 1.54) is 6.07 Å². The molecule has 2 rings (SSSR count). The van der Waals surface area contributed by atoms with Crippen LogP contribution < -0.4 is 10.5 Å². The van der Waals surface area contributed by atoms with Crippen molar-refractivity contribution in [2.75, 3.05) is 0 Å². The van der Waals surface area contributed by atoms with Gasteiger partial charge in [-0.25, -0.2) is 4.39 Å². The number of pyridine rings is 1. The summed E-state index contributed by atoms with van der Waals surface area (Å²) in [6, 6.07) is 8.48. The van der Waals surface area contributed by atoms with E-state index in [1.54, 1.807) is 24.5 Å². The summed E-state index contributed by atoms with van der Waals surface area (Å²) in [4.78, 5) is 3.96. The van der Waals surface area contributed by atoms with Crippen LogP contribution in [0.2, 0.25) is 0 Å². The van der Waals surface area contributed by atoms with Crippen LogP contribution in [0.4, 0.5) is 4.39 Å². The molecule has 2 aromatic rings. The van der Waals surface area contributed by atoms with Gasteiger partial charge >= 0.3 is 0 Å². The minimum absolute atomic E-state index is 0.221. The number of benzene rings is 1. The topological polar surface area (TPSA) is 48.1 Å². The lowest BCUT2D eigenvalue weighted by Crippen LogP contribution is -2.25. The van der Waals surface area contributed by atoms with Crippen LogP contribution in [0.1, 0.15) is 25.0 Å². The summed E-state index contributed by atoms with van der Waals surface area (Å²) in [6.45, 7) is 4.09. The van der Waals surface area contributed by atoms with E-state index in [0.29, 0.717) is 6.54 Å². The lowest BCUT2D eigenvalue weighted by molar-refractivity contribution is 0.102.